The number of benzene rings is 2. The van der Waals surface area contributed by atoms with Gasteiger partial charge in [0.05, 0.1) is 12.6 Å². The van der Waals surface area contributed by atoms with Crippen LogP contribution in [-0.2, 0) is 9.59 Å². The van der Waals surface area contributed by atoms with E-state index in [0.29, 0.717) is 25.9 Å². The molecular formula is C32H38N2O3. The molecule has 1 saturated heterocycles. The van der Waals surface area contributed by atoms with Gasteiger partial charge in [-0.05, 0) is 59.9 Å². The van der Waals surface area contributed by atoms with Gasteiger partial charge in [0.25, 0.3) is 0 Å². The van der Waals surface area contributed by atoms with Crippen LogP contribution in [0, 0.1) is 5.92 Å². The predicted molar refractivity (Wildman–Crippen MR) is 148 cm³/mol. The van der Waals surface area contributed by atoms with Gasteiger partial charge in [-0.3, -0.25) is 9.59 Å². The molecule has 1 heterocycles. The minimum atomic E-state index is -0.354. The van der Waals surface area contributed by atoms with Gasteiger partial charge in [0, 0.05) is 25.4 Å². The normalized spacial score (nSPS) is 18.6. The maximum Gasteiger partial charge on any atom is 0.223 e. The van der Waals surface area contributed by atoms with Gasteiger partial charge in [0.2, 0.25) is 11.8 Å². The number of nitrogens with zero attached hydrogens (tertiary/aromatic N) is 1. The molecule has 5 heteroatoms. The Morgan fingerprint density at radius 3 is 2.08 bits per heavy atom. The Morgan fingerprint density at radius 1 is 0.892 bits per heavy atom. The van der Waals surface area contributed by atoms with Crippen LogP contribution in [0.1, 0.15) is 80.0 Å². The fourth-order valence-electron chi connectivity index (χ4n) is 6.07. The first-order valence-corrected chi connectivity index (χ1v) is 13.9. The molecule has 2 fully saturated rings. The molecule has 2 N–H and O–H groups in total. The summed E-state index contributed by atoms with van der Waals surface area (Å²) in [4.78, 5) is 27.6. The van der Waals surface area contributed by atoms with Crippen molar-refractivity contribution in [1.82, 2.24) is 10.2 Å². The van der Waals surface area contributed by atoms with Crippen LogP contribution < -0.4 is 5.32 Å². The zero-order chi connectivity index (χ0) is 25.6. The van der Waals surface area contributed by atoms with Crippen LogP contribution in [0.5, 0.6) is 0 Å². The van der Waals surface area contributed by atoms with E-state index in [1.165, 1.54) is 39.8 Å². The summed E-state index contributed by atoms with van der Waals surface area (Å²) in [6, 6.07) is 16.8. The van der Waals surface area contributed by atoms with Crippen molar-refractivity contribution in [1.29, 1.82) is 0 Å². The monoisotopic (exact) mass is 498 g/mol. The number of hydrogen-bond donors (Lipinski definition) is 2. The molecule has 2 aliphatic carbocycles. The molecule has 0 radical (unpaired) electrons. The van der Waals surface area contributed by atoms with Crippen LogP contribution in [0.4, 0.5) is 0 Å². The number of fused-ring (bicyclic) bond motifs is 2. The smallest absolute Gasteiger partial charge is 0.223 e. The van der Waals surface area contributed by atoms with Crippen LogP contribution in [0.25, 0.3) is 17.7 Å². The molecule has 0 spiro atoms. The fourth-order valence-corrected chi connectivity index (χ4v) is 6.07. The van der Waals surface area contributed by atoms with Crippen LogP contribution in [0.15, 0.2) is 54.1 Å². The van der Waals surface area contributed by atoms with Crippen molar-refractivity contribution >= 4 is 29.5 Å². The lowest BCUT2D eigenvalue weighted by atomic mass is 9.86. The molecule has 194 valence electrons. The average Bonchev–Trinajstić information content (AvgIpc) is 3.12. The highest BCUT2D eigenvalue weighted by atomic mass is 16.3. The first-order valence-electron chi connectivity index (χ1n) is 13.9. The van der Waals surface area contributed by atoms with E-state index in [9.17, 15) is 14.7 Å². The zero-order valence-corrected chi connectivity index (χ0v) is 21.6. The number of carbonyl (C=O) groups is 2. The fraction of sp³-hybridized carbons (Fsp3) is 0.438. The summed E-state index contributed by atoms with van der Waals surface area (Å²) in [6.45, 7) is 1.27. The second kappa shape index (κ2) is 11.9. The molecule has 0 unspecified atom stereocenters. The summed E-state index contributed by atoms with van der Waals surface area (Å²) in [5.41, 5.74) is 7.70. The molecule has 1 atom stereocenters. The molecule has 5 rings (SSSR count). The number of rotatable bonds is 6. The average molecular weight is 499 g/mol. The van der Waals surface area contributed by atoms with E-state index >= 15 is 0 Å². The maximum atomic E-state index is 13.0. The first kappa shape index (κ1) is 25.5. The Kier molecular flexibility index (Phi) is 8.20. The van der Waals surface area contributed by atoms with Crippen LogP contribution in [0.2, 0.25) is 0 Å². The molecular weight excluding hydrogens is 460 g/mol. The third-order valence-electron chi connectivity index (χ3n) is 8.23. The number of likely N-dealkylation sites (tertiary alicyclic amines) is 1. The van der Waals surface area contributed by atoms with Crippen molar-refractivity contribution in [2.75, 3.05) is 19.7 Å². The largest absolute Gasteiger partial charge is 0.394 e. The standard InChI is InChI=1S/C32H38N2O3/c35-22-27(33-32(37)26-10-2-1-3-11-26)16-17-30(36)34-20-18-25(19-21-34)31-28-12-6-4-8-23(28)14-15-24-9-5-7-13-29(24)31/h4-9,12-15,26-27,35H,1-3,10-11,16-22H2,(H,33,37)/t27-/m0/s1. The molecule has 1 saturated carbocycles. The Hall–Kier alpha value is -3.18. The molecule has 1 aliphatic heterocycles. The summed E-state index contributed by atoms with van der Waals surface area (Å²) < 4.78 is 0. The minimum Gasteiger partial charge on any atom is -0.394 e. The molecule has 2 aromatic rings. The van der Waals surface area contributed by atoms with Crippen molar-refractivity contribution in [2.45, 2.75) is 63.8 Å². The van der Waals surface area contributed by atoms with Gasteiger partial charge >= 0.3 is 0 Å². The van der Waals surface area contributed by atoms with Crippen molar-refractivity contribution < 1.29 is 14.7 Å². The summed E-state index contributed by atoms with van der Waals surface area (Å²) >= 11 is 0. The van der Waals surface area contributed by atoms with E-state index in [4.69, 9.17) is 0 Å². The van der Waals surface area contributed by atoms with E-state index in [2.05, 4.69) is 66.0 Å². The van der Waals surface area contributed by atoms with Gasteiger partial charge in [-0.25, -0.2) is 0 Å². The molecule has 37 heavy (non-hydrogen) atoms. The van der Waals surface area contributed by atoms with E-state index in [-0.39, 0.29) is 30.4 Å². The number of aliphatic hydroxyl groups is 1. The van der Waals surface area contributed by atoms with Gasteiger partial charge < -0.3 is 15.3 Å². The topological polar surface area (TPSA) is 69.6 Å². The second-order valence-corrected chi connectivity index (χ2v) is 10.6. The van der Waals surface area contributed by atoms with Gasteiger partial charge in [-0.2, -0.15) is 0 Å². The van der Waals surface area contributed by atoms with E-state index in [0.717, 1.165) is 38.5 Å². The first-order chi connectivity index (χ1) is 18.1. The highest BCUT2D eigenvalue weighted by Crippen LogP contribution is 2.38. The lowest BCUT2D eigenvalue weighted by Gasteiger charge is -2.31. The Bertz CT molecular complexity index is 1130. The Labute approximate surface area is 220 Å². The SMILES string of the molecule is O=C(N[C@H](CO)CCC(=O)N1CCC(=C2c3ccccc3C=Cc3ccccc32)CC1)C1CCCCC1. The van der Waals surface area contributed by atoms with Gasteiger partial charge in [0.1, 0.15) is 0 Å². The predicted octanol–water partition coefficient (Wildman–Crippen LogP) is 5.43. The molecule has 3 aliphatic rings. The molecule has 0 bridgehead atoms. The lowest BCUT2D eigenvalue weighted by molar-refractivity contribution is -0.132. The third-order valence-corrected chi connectivity index (χ3v) is 8.23. The number of aliphatic hydroxyl groups excluding tert-OH is 1. The van der Waals surface area contributed by atoms with Gasteiger partial charge in [0.15, 0.2) is 0 Å². The molecule has 0 aromatic heterocycles. The highest BCUT2D eigenvalue weighted by Gasteiger charge is 2.26. The number of amides is 2. The lowest BCUT2D eigenvalue weighted by Crippen LogP contribution is -2.43. The second-order valence-electron chi connectivity index (χ2n) is 10.6. The van der Waals surface area contributed by atoms with Crippen LogP contribution >= 0.6 is 0 Å². The molecule has 2 amide bonds. The van der Waals surface area contributed by atoms with Gasteiger partial charge in [-0.1, -0.05) is 85.5 Å². The summed E-state index contributed by atoms with van der Waals surface area (Å²) in [5.74, 6) is 0.207. The van der Waals surface area contributed by atoms with Crippen molar-refractivity contribution in [3.63, 3.8) is 0 Å². The Balaban J connectivity index is 1.22. The van der Waals surface area contributed by atoms with Crippen molar-refractivity contribution in [2.24, 2.45) is 5.92 Å². The van der Waals surface area contributed by atoms with Crippen LogP contribution in [-0.4, -0.2) is 47.6 Å². The number of carbonyl (C=O) groups excluding carboxylic acids is 2. The summed E-state index contributed by atoms with van der Waals surface area (Å²) in [5, 5.41) is 12.8. The summed E-state index contributed by atoms with van der Waals surface area (Å²) in [6.07, 6.45) is 12.2. The Morgan fingerprint density at radius 2 is 1.49 bits per heavy atom. The number of piperidine rings is 1. The number of hydrogen-bond acceptors (Lipinski definition) is 3. The van der Waals surface area contributed by atoms with Crippen molar-refractivity contribution in [3.05, 3.63) is 76.4 Å². The van der Waals surface area contributed by atoms with Crippen LogP contribution in [0.3, 0.4) is 0 Å². The van der Waals surface area contributed by atoms with E-state index < -0.39 is 0 Å². The molecule has 2 aromatic carbocycles. The third kappa shape index (κ3) is 5.88. The summed E-state index contributed by atoms with van der Waals surface area (Å²) in [7, 11) is 0. The van der Waals surface area contributed by atoms with Crippen molar-refractivity contribution in [3.8, 4) is 0 Å². The minimum absolute atomic E-state index is 0.0406. The van der Waals surface area contributed by atoms with E-state index in [1.54, 1.807) is 0 Å². The quantitative estimate of drug-likeness (QED) is 0.476. The van der Waals surface area contributed by atoms with Gasteiger partial charge in [-0.15, -0.1) is 0 Å². The number of nitrogens with one attached hydrogen (secondary N) is 1. The molecule has 5 nitrogen and oxygen atoms in total. The maximum absolute atomic E-state index is 13.0. The zero-order valence-electron chi connectivity index (χ0n) is 21.6. The van der Waals surface area contributed by atoms with E-state index in [1.807, 2.05) is 4.90 Å². The highest BCUT2D eigenvalue weighted by molar-refractivity contribution is 5.95.